The van der Waals surface area contributed by atoms with Gasteiger partial charge in [-0.1, -0.05) is 5.16 Å². The van der Waals surface area contributed by atoms with Crippen molar-refractivity contribution in [1.29, 1.82) is 0 Å². The van der Waals surface area contributed by atoms with E-state index in [1.54, 1.807) is 11.9 Å². The summed E-state index contributed by atoms with van der Waals surface area (Å²) in [6, 6.07) is 1.48. The third-order valence-corrected chi connectivity index (χ3v) is 2.14. The summed E-state index contributed by atoms with van der Waals surface area (Å²) in [5.74, 6) is 4.87. The zero-order valence-electron chi connectivity index (χ0n) is 10.4. The molecule has 0 aliphatic heterocycles. The van der Waals surface area contributed by atoms with Crippen molar-refractivity contribution in [3.63, 3.8) is 0 Å². The Morgan fingerprint density at radius 3 is 2.89 bits per heavy atom. The Labute approximate surface area is 104 Å². The van der Waals surface area contributed by atoms with Gasteiger partial charge in [-0.05, 0) is 14.0 Å². The van der Waals surface area contributed by atoms with Crippen LogP contribution in [0.4, 0.5) is 0 Å². The van der Waals surface area contributed by atoms with Crippen molar-refractivity contribution >= 4 is 11.8 Å². The van der Waals surface area contributed by atoms with E-state index >= 15 is 0 Å². The summed E-state index contributed by atoms with van der Waals surface area (Å²) in [5.41, 5.74) is 2.07. The molecule has 0 aromatic carbocycles. The van der Waals surface area contributed by atoms with E-state index in [-0.39, 0.29) is 18.1 Å². The molecule has 0 unspecified atom stereocenters. The molecule has 0 saturated heterocycles. The van der Waals surface area contributed by atoms with Gasteiger partial charge in [0.05, 0.1) is 13.1 Å². The largest absolute Gasteiger partial charge is 0.359 e. The monoisotopic (exact) mass is 255 g/mol. The van der Waals surface area contributed by atoms with Crippen molar-refractivity contribution in [2.24, 2.45) is 5.84 Å². The SMILES string of the molecule is CCNC(=O)CN(C)Cc1cc(C(=O)NN)no1. The van der Waals surface area contributed by atoms with Crippen LogP contribution in [0.1, 0.15) is 23.2 Å². The lowest BCUT2D eigenvalue weighted by Gasteiger charge is -2.13. The first-order valence-corrected chi connectivity index (χ1v) is 5.48. The molecule has 1 rings (SSSR count). The number of nitrogen functional groups attached to an aromatic ring is 1. The molecule has 100 valence electrons. The molecule has 4 N–H and O–H groups in total. The first kappa shape index (κ1) is 14.1. The standard InChI is InChI=1S/C10H17N5O3/c1-3-12-9(16)6-15(2)5-7-4-8(14-18-7)10(17)13-11/h4H,3,5-6,11H2,1-2H3,(H,12,16)(H,13,17). The fraction of sp³-hybridized carbons (Fsp3) is 0.500. The molecule has 0 aliphatic rings. The van der Waals surface area contributed by atoms with Crippen molar-refractivity contribution in [2.75, 3.05) is 20.1 Å². The Morgan fingerprint density at radius 2 is 2.28 bits per heavy atom. The maximum absolute atomic E-state index is 11.3. The molecule has 1 aromatic heterocycles. The number of nitrogens with one attached hydrogen (secondary N) is 2. The summed E-state index contributed by atoms with van der Waals surface area (Å²) < 4.78 is 4.96. The molecule has 0 spiro atoms. The van der Waals surface area contributed by atoms with E-state index in [4.69, 9.17) is 10.4 Å². The first-order valence-electron chi connectivity index (χ1n) is 5.48. The molecule has 0 saturated carbocycles. The highest BCUT2D eigenvalue weighted by Crippen LogP contribution is 2.05. The van der Waals surface area contributed by atoms with Gasteiger partial charge in [0, 0.05) is 12.6 Å². The second-order valence-electron chi connectivity index (χ2n) is 3.78. The molecule has 8 nitrogen and oxygen atoms in total. The highest BCUT2D eigenvalue weighted by atomic mass is 16.5. The summed E-state index contributed by atoms with van der Waals surface area (Å²) in [6.45, 7) is 3.07. The molecule has 18 heavy (non-hydrogen) atoms. The summed E-state index contributed by atoms with van der Waals surface area (Å²) in [6.07, 6.45) is 0. The third-order valence-electron chi connectivity index (χ3n) is 2.14. The van der Waals surface area contributed by atoms with Crippen LogP contribution in [0, 0.1) is 0 Å². The summed E-state index contributed by atoms with van der Waals surface area (Å²) >= 11 is 0. The van der Waals surface area contributed by atoms with Gasteiger partial charge in [-0.3, -0.25) is 19.9 Å². The van der Waals surface area contributed by atoms with Gasteiger partial charge in [0.15, 0.2) is 11.5 Å². The number of nitrogens with two attached hydrogens (primary N) is 1. The number of hydrogen-bond donors (Lipinski definition) is 3. The number of amides is 2. The van der Waals surface area contributed by atoms with Crippen LogP contribution in [0.5, 0.6) is 0 Å². The summed E-state index contributed by atoms with van der Waals surface area (Å²) in [4.78, 5) is 24.2. The van der Waals surface area contributed by atoms with Crippen LogP contribution in [0.25, 0.3) is 0 Å². The van der Waals surface area contributed by atoms with E-state index in [2.05, 4.69) is 10.5 Å². The zero-order valence-corrected chi connectivity index (χ0v) is 10.4. The number of carbonyl (C=O) groups is 2. The van der Waals surface area contributed by atoms with Crippen LogP contribution in [0.15, 0.2) is 10.6 Å². The molecule has 0 bridgehead atoms. The van der Waals surface area contributed by atoms with E-state index in [1.165, 1.54) is 6.07 Å². The third kappa shape index (κ3) is 4.15. The molecular weight excluding hydrogens is 238 g/mol. The maximum Gasteiger partial charge on any atom is 0.287 e. The van der Waals surface area contributed by atoms with Crippen LogP contribution in [0.3, 0.4) is 0 Å². The second kappa shape index (κ2) is 6.72. The molecular formula is C10H17N5O3. The normalized spacial score (nSPS) is 10.4. The van der Waals surface area contributed by atoms with Crippen LogP contribution < -0.4 is 16.6 Å². The Morgan fingerprint density at radius 1 is 1.56 bits per heavy atom. The minimum atomic E-state index is -0.517. The van der Waals surface area contributed by atoms with Gasteiger partial charge in [-0.25, -0.2) is 5.84 Å². The minimum Gasteiger partial charge on any atom is -0.359 e. The van der Waals surface area contributed by atoms with E-state index < -0.39 is 5.91 Å². The van der Waals surface area contributed by atoms with Crippen molar-refractivity contribution in [2.45, 2.75) is 13.5 Å². The number of nitrogens with zero attached hydrogens (tertiary/aromatic N) is 2. The van der Waals surface area contributed by atoms with Crippen molar-refractivity contribution in [3.05, 3.63) is 17.5 Å². The number of hydrazine groups is 1. The summed E-state index contributed by atoms with van der Waals surface area (Å²) in [7, 11) is 1.76. The van der Waals surface area contributed by atoms with Gasteiger partial charge < -0.3 is 9.84 Å². The molecule has 2 amide bonds. The molecule has 8 heteroatoms. The number of carbonyl (C=O) groups excluding carboxylic acids is 2. The van der Waals surface area contributed by atoms with Crippen molar-refractivity contribution in [1.82, 2.24) is 20.8 Å². The lowest BCUT2D eigenvalue weighted by atomic mass is 10.3. The average molecular weight is 255 g/mol. The van der Waals surface area contributed by atoms with Crippen molar-refractivity contribution in [3.8, 4) is 0 Å². The van der Waals surface area contributed by atoms with E-state index in [9.17, 15) is 9.59 Å². The smallest absolute Gasteiger partial charge is 0.287 e. The Bertz CT molecular complexity index is 417. The van der Waals surface area contributed by atoms with E-state index in [0.717, 1.165) is 0 Å². The van der Waals surface area contributed by atoms with Gasteiger partial charge in [0.1, 0.15) is 0 Å². The Balaban J connectivity index is 2.49. The quantitative estimate of drug-likeness (QED) is 0.336. The lowest BCUT2D eigenvalue weighted by Crippen LogP contribution is -2.34. The highest BCUT2D eigenvalue weighted by Gasteiger charge is 2.13. The predicted octanol–water partition coefficient (Wildman–Crippen LogP) is -1.15. The van der Waals surface area contributed by atoms with Gasteiger partial charge in [-0.15, -0.1) is 0 Å². The van der Waals surface area contributed by atoms with Crippen LogP contribution in [-0.2, 0) is 11.3 Å². The maximum atomic E-state index is 11.3. The number of likely N-dealkylation sites (N-methyl/N-ethyl adjacent to an activating group) is 2. The molecule has 1 heterocycles. The lowest BCUT2D eigenvalue weighted by molar-refractivity contribution is -0.122. The van der Waals surface area contributed by atoms with Gasteiger partial charge in [0.2, 0.25) is 5.91 Å². The van der Waals surface area contributed by atoms with Crippen LogP contribution >= 0.6 is 0 Å². The Kier molecular flexibility index (Phi) is 5.28. The average Bonchev–Trinajstić information content (AvgIpc) is 2.76. The van der Waals surface area contributed by atoms with Crippen molar-refractivity contribution < 1.29 is 14.1 Å². The fourth-order valence-electron chi connectivity index (χ4n) is 1.39. The predicted molar refractivity (Wildman–Crippen MR) is 63.2 cm³/mol. The van der Waals surface area contributed by atoms with Crippen LogP contribution in [-0.4, -0.2) is 42.0 Å². The van der Waals surface area contributed by atoms with Crippen LogP contribution in [0.2, 0.25) is 0 Å². The molecule has 0 aliphatic carbocycles. The van der Waals surface area contributed by atoms with Gasteiger partial charge in [-0.2, -0.15) is 0 Å². The fourth-order valence-corrected chi connectivity index (χ4v) is 1.39. The van der Waals surface area contributed by atoms with Gasteiger partial charge >= 0.3 is 0 Å². The molecule has 0 fully saturated rings. The summed E-state index contributed by atoms with van der Waals surface area (Å²) in [5, 5.41) is 6.25. The number of hydrogen-bond acceptors (Lipinski definition) is 6. The highest BCUT2D eigenvalue weighted by molar-refractivity contribution is 5.91. The van der Waals surface area contributed by atoms with Gasteiger partial charge in [0.25, 0.3) is 5.91 Å². The first-order chi connectivity index (χ1) is 8.56. The zero-order chi connectivity index (χ0) is 13.5. The van der Waals surface area contributed by atoms with E-state index in [1.807, 2.05) is 12.3 Å². The second-order valence-corrected chi connectivity index (χ2v) is 3.78. The molecule has 1 aromatic rings. The minimum absolute atomic E-state index is 0.0700. The topological polar surface area (TPSA) is 113 Å². The molecule has 0 radical (unpaired) electrons. The number of rotatable bonds is 6. The Hall–Kier alpha value is -1.93. The number of aromatic nitrogens is 1. The molecule has 0 atom stereocenters. The van der Waals surface area contributed by atoms with E-state index in [0.29, 0.717) is 18.8 Å².